The zero-order valence-electron chi connectivity index (χ0n) is 13.8. The first-order valence-electron chi connectivity index (χ1n) is 7.99. The average molecular weight is 309 g/mol. The second-order valence-electron chi connectivity index (χ2n) is 5.97. The van der Waals surface area contributed by atoms with Crippen LogP contribution in [0.5, 0.6) is 0 Å². The fraction of sp³-hybridized carbons (Fsp3) is 0.368. The zero-order chi connectivity index (χ0) is 16.2. The quantitative estimate of drug-likeness (QED) is 0.811. The maximum atomic E-state index is 5.93. The molecule has 3 heterocycles. The molecular formula is C19H23N3O. The van der Waals surface area contributed by atoms with Gasteiger partial charge < -0.3 is 4.74 Å². The van der Waals surface area contributed by atoms with Crippen LogP contribution in [0, 0.1) is 13.8 Å². The van der Waals surface area contributed by atoms with Gasteiger partial charge in [0.15, 0.2) is 0 Å². The number of aryl methyl sites for hydroxylation is 2. The lowest BCUT2D eigenvalue weighted by atomic mass is 9.99. The van der Waals surface area contributed by atoms with Crippen LogP contribution in [-0.4, -0.2) is 34.6 Å². The summed E-state index contributed by atoms with van der Waals surface area (Å²) in [6.45, 7) is 10.2. The molecule has 0 saturated carbocycles. The minimum absolute atomic E-state index is 0.120. The lowest BCUT2D eigenvalue weighted by molar-refractivity contribution is -0.0496. The van der Waals surface area contributed by atoms with E-state index >= 15 is 0 Å². The first-order valence-corrected chi connectivity index (χ1v) is 7.99. The third kappa shape index (κ3) is 3.19. The molecule has 0 aliphatic carbocycles. The molecule has 3 rings (SSSR count). The van der Waals surface area contributed by atoms with Crippen LogP contribution in [0.4, 0.5) is 0 Å². The van der Waals surface area contributed by atoms with Crippen LogP contribution in [0.25, 0.3) is 0 Å². The Kier molecular flexibility index (Phi) is 4.84. The number of ether oxygens (including phenoxy) is 1. The highest BCUT2D eigenvalue weighted by molar-refractivity contribution is 5.26. The van der Waals surface area contributed by atoms with Crippen LogP contribution < -0.4 is 0 Å². The van der Waals surface area contributed by atoms with E-state index in [-0.39, 0.29) is 12.1 Å². The van der Waals surface area contributed by atoms with Gasteiger partial charge in [-0.15, -0.1) is 6.58 Å². The molecular weight excluding hydrogens is 286 g/mol. The van der Waals surface area contributed by atoms with Crippen molar-refractivity contribution < 1.29 is 4.74 Å². The van der Waals surface area contributed by atoms with E-state index in [1.54, 1.807) is 0 Å². The Morgan fingerprint density at radius 3 is 2.04 bits per heavy atom. The Balaban J connectivity index is 2.00. The SMILES string of the molecule is C=CCN1[C@@H](c2ncccc2C)COC[C@H]1c1ncccc1C. The summed E-state index contributed by atoms with van der Waals surface area (Å²) in [6, 6.07) is 8.39. The van der Waals surface area contributed by atoms with Gasteiger partial charge in [-0.05, 0) is 37.1 Å². The van der Waals surface area contributed by atoms with E-state index in [0.717, 1.165) is 17.9 Å². The Morgan fingerprint density at radius 2 is 1.61 bits per heavy atom. The molecule has 0 radical (unpaired) electrons. The third-order valence-corrected chi connectivity index (χ3v) is 4.42. The molecule has 1 aliphatic heterocycles. The maximum absolute atomic E-state index is 5.93. The fourth-order valence-electron chi connectivity index (χ4n) is 3.27. The largest absolute Gasteiger partial charge is 0.377 e. The number of nitrogens with zero attached hydrogens (tertiary/aromatic N) is 3. The van der Waals surface area contributed by atoms with Gasteiger partial charge in [-0.25, -0.2) is 0 Å². The van der Waals surface area contributed by atoms with E-state index in [2.05, 4.69) is 47.4 Å². The molecule has 4 nitrogen and oxygen atoms in total. The van der Waals surface area contributed by atoms with Crippen LogP contribution >= 0.6 is 0 Å². The molecule has 120 valence electrons. The van der Waals surface area contributed by atoms with E-state index in [1.165, 1.54) is 11.1 Å². The van der Waals surface area contributed by atoms with Crippen molar-refractivity contribution in [3.63, 3.8) is 0 Å². The van der Waals surface area contributed by atoms with Crippen molar-refractivity contribution in [3.05, 3.63) is 71.8 Å². The molecule has 0 unspecified atom stereocenters. The van der Waals surface area contributed by atoms with Crippen LogP contribution in [0.15, 0.2) is 49.3 Å². The van der Waals surface area contributed by atoms with Crippen molar-refractivity contribution in [2.24, 2.45) is 0 Å². The number of morpholine rings is 1. The monoisotopic (exact) mass is 309 g/mol. The highest BCUT2D eigenvalue weighted by atomic mass is 16.5. The van der Waals surface area contributed by atoms with Gasteiger partial charge in [-0.3, -0.25) is 14.9 Å². The smallest absolute Gasteiger partial charge is 0.0769 e. The number of aromatic nitrogens is 2. The minimum Gasteiger partial charge on any atom is -0.377 e. The molecule has 1 saturated heterocycles. The van der Waals surface area contributed by atoms with E-state index in [9.17, 15) is 0 Å². The van der Waals surface area contributed by atoms with Gasteiger partial charge in [-0.1, -0.05) is 18.2 Å². The molecule has 2 atom stereocenters. The maximum Gasteiger partial charge on any atom is 0.0769 e. The summed E-state index contributed by atoms with van der Waals surface area (Å²) < 4.78 is 5.93. The fourth-order valence-corrected chi connectivity index (χ4v) is 3.27. The van der Waals surface area contributed by atoms with Gasteiger partial charge in [-0.2, -0.15) is 0 Å². The minimum atomic E-state index is 0.120. The normalized spacial score (nSPS) is 22.0. The molecule has 0 spiro atoms. The van der Waals surface area contributed by atoms with E-state index < -0.39 is 0 Å². The summed E-state index contributed by atoms with van der Waals surface area (Å²) in [5, 5.41) is 0. The Bertz CT molecular complexity index is 632. The molecule has 0 aromatic carbocycles. The molecule has 0 bridgehead atoms. The van der Waals surface area contributed by atoms with Crippen molar-refractivity contribution in [1.29, 1.82) is 0 Å². The predicted molar refractivity (Wildman–Crippen MR) is 91.2 cm³/mol. The summed E-state index contributed by atoms with van der Waals surface area (Å²) in [4.78, 5) is 11.6. The van der Waals surface area contributed by atoms with Gasteiger partial charge in [0.1, 0.15) is 0 Å². The van der Waals surface area contributed by atoms with E-state index in [4.69, 9.17) is 4.74 Å². The number of hydrogen-bond acceptors (Lipinski definition) is 4. The first-order chi connectivity index (χ1) is 11.2. The average Bonchev–Trinajstić information content (AvgIpc) is 2.57. The summed E-state index contributed by atoms with van der Waals surface area (Å²) in [5.41, 5.74) is 4.53. The predicted octanol–water partition coefficient (Wildman–Crippen LogP) is 3.39. The van der Waals surface area contributed by atoms with Crippen molar-refractivity contribution in [2.45, 2.75) is 25.9 Å². The van der Waals surface area contributed by atoms with E-state index in [1.807, 2.05) is 30.6 Å². The van der Waals surface area contributed by atoms with Crippen LogP contribution in [-0.2, 0) is 4.74 Å². The summed E-state index contributed by atoms with van der Waals surface area (Å²) in [7, 11) is 0. The third-order valence-electron chi connectivity index (χ3n) is 4.42. The van der Waals surface area contributed by atoms with Gasteiger partial charge in [0.2, 0.25) is 0 Å². The molecule has 1 fully saturated rings. The number of rotatable bonds is 4. The number of pyridine rings is 2. The lowest BCUT2D eigenvalue weighted by Gasteiger charge is -2.41. The molecule has 2 aromatic rings. The second kappa shape index (κ2) is 7.02. The van der Waals surface area contributed by atoms with Crippen molar-refractivity contribution >= 4 is 0 Å². The Hall–Kier alpha value is -2.04. The topological polar surface area (TPSA) is 38.2 Å². The van der Waals surface area contributed by atoms with Gasteiger partial charge in [0.25, 0.3) is 0 Å². The van der Waals surface area contributed by atoms with Gasteiger partial charge in [0, 0.05) is 18.9 Å². The Morgan fingerprint density at radius 1 is 1.09 bits per heavy atom. The van der Waals surface area contributed by atoms with Crippen LogP contribution in [0.3, 0.4) is 0 Å². The zero-order valence-corrected chi connectivity index (χ0v) is 13.8. The highest BCUT2D eigenvalue weighted by Gasteiger charge is 2.35. The van der Waals surface area contributed by atoms with Crippen molar-refractivity contribution in [2.75, 3.05) is 19.8 Å². The summed E-state index contributed by atoms with van der Waals surface area (Å²) in [6.07, 6.45) is 5.65. The highest BCUT2D eigenvalue weighted by Crippen LogP contribution is 2.35. The van der Waals surface area contributed by atoms with Crippen LogP contribution in [0.2, 0.25) is 0 Å². The second-order valence-corrected chi connectivity index (χ2v) is 5.97. The lowest BCUT2D eigenvalue weighted by Crippen LogP contribution is -2.43. The molecule has 2 aromatic heterocycles. The number of hydrogen-bond donors (Lipinski definition) is 0. The summed E-state index contributed by atoms with van der Waals surface area (Å²) in [5.74, 6) is 0. The molecule has 0 amide bonds. The molecule has 4 heteroatoms. The van der Waals surface area contributed by atoms with Gasteiger partial charge in [0.05, 0.1) is 36.7 Å². The Labute approximate surface area is 137 Å². The first kappa shape index (κ1) is 15.8. The molecule has 0 N–H and O–H groups in total. The summed E-state index contributed by atoms with van der Waals surface area (Å²) >= 11 is 0. The van der Waals surface area contributed by atoms with E-state index in [0.29, 0.717) is 13.2 Å². The van der Waals surface area contributed by atoms with Crippen LogP contribution in [0.1, 0.15) is 34.6 Å². The molecule has 1 aliphatic rings. The standard InChI is InChI=1S/C19H23N3O/c1-4-11-22-16(18-14(2)7-5-9-20-18)12-23-13-17(22)19-15(3)8-6-10-21-19/h4-10,16-17H,1,11-13H2,2-3H3/t16-,17+. The van der Waals surface area contributed by atoms with Crippen molar-refractivity contribution in [3.8, 4) is 0 Å². The van der Waals surface area contributed by atoms with Gasteiger partial charge >= 0.3 is 0 Å². The molecule has 23 heavy (non-hydrogen) atoms. The van der Waals surface area contributed by atoms with Crippen molar-refractivity contribution in [1.82, 2.24) is 14.9 Å².